The van der Waals surface area contributed by atoms with Crippen LogP contribution in [0.1, 0.15) is 26.7 Å². The number of fused-ring (bicyclic) bond motifs is 1. The van der Waals surface area contributed by atoms with Crippen molar-refractivity contribution in [3.63, 3.8) is 0 Å². The molecule has 22 heavy (non-hydrogen) atoms. The Bertz CT molecular complexity index is 866. The predicted octanol–water partition coefficient (Wildman–Crippen LogP) is 4.53. The molecule has 0 radical (unpaired) electrons. The first kappa shape index (κ1) is 12.4. The maximum atomic E-state index is 12.2. The Hall–Kier alpha value is -2.15. The summed E-state index contributed by atoms with van der Waals surface area (Å²) in [5, 5.41) is 0. The molecule has 0 aromatic heterocycles. The van der Waals surface area contributed by atoms with Crippen LogP contribution in [0, 0.1) is 10.8 Å². The van der Waals surface area contributed by atoms with Crippen LogP contribution in [0.4, 0.5) is 0 Å². The smallest absolute Gasteiger partial charge is 0.163 e. The van der Waals surface area contributed by atoms with Crippen LogP contribution in [0.25, 0.3) is 0 Å². The van der Waals surface area contributed by atoms with Gasteiger partial charge in [0.05, 0.1) is 0 Å². The molecule has 1 nitrogen and oxygen atoms in total. The van der Waals surface area contributed by atoms with Crippen LogP contribution in [0.2, 0.25) is 0 Å². The molecule has 108 valence electrons. The van der Waals surface area contributed by atoms with Crippen molar-refractivity contribution in [1.29, 1.82) is 0 Å². The molecule has 0 amide bonds. The number of hydrogen-bond acceptors (Lipinski definition) is 1. The molecule has 0 aliphatic heterocycles. The van der Waals surface area contributed by atoms with Gasteiger partial charge in [0, 0.05) is 22.8 Å². The molecule has 1 heteroatoms. The van der Waals surface area contributed by atoms with Crippen molar-refractivity contribution in [2.75, 3.05) is 0 Å². The van der Waals surface area contributed by atoms with Crippen molar-refractivity contribution >= 4 is 5.78 Å². The van der Waals surface area contributed by atoms with Crippen molar-refractivity contribution in [3.05, 3.63) is 82.0 Å². The molecule has 1 fully saturated rings. The molecule has 0 bridgehead atoms. The minimum atomic E-state index is -0.0636. The molecule has 2 atom stereocenters. The normalized spacial score (nSPS) is 37.3. The van der Waals surface area contributed by atoms with E-state index in [1.54, 1.807) is 0 Å². The summed E-state index contributed by atoms with van der Waals surface area (Å²) in [7, 11) is 0. The number of carbonyl (C=O) groups excluding carboxylic acids is 1. The Morgan fingerprint density at radius 2 is 1.64 bits per heavy atom. The standard InChI is InChI=1S/C21H18O/c1-20-13-4-3-5-14(20)8-10-18-16-9-11-19(22)17(16)12-15(7-6-13)21(18,20)2/h3-8,10,12H,9,11H2,1-2H3/t20-,21-/m1/s1. The highest BCUT2D eigenvalue weighted by Gasteiger charge is 2.57. The zero-order chi connectivity index (χ0) is 15.1. The van der Waals surface area contributed by atoms with Gasteiger partial charge in [-0.25, -0.2) is 0 Å². The lowest BCUT2D eigenvalue weighted by atomic mass is 9.46. The zero-order valence-corrected chi connectivity index (χ0v) is 12.9. The number of ketones is 1. The van der Waals surface area contributed by atoms with Gasteiger partial charge in [0.25, 0.3) is 0 Å². The van der Waals surface area contributed by atoms with E-state index in [0.29, 0.717) is 12.2 Å². The lowest BCUT2D eigenvalue weighted by molar-refractivity contribution is -0.114. The Morgan fingerprint density at radius 3 is 2.50 bits per heavy atom. The second kappa shape index (κ2) is 3.60. The van der Waals surface area contributed by atoms with Crippen molar-refractivity contribution < 1.29 is 4.79 Å². The minimum absolute atomic E-state index is 0.0312. The van der Waals surface area contributed by atoms with Gasteiger partial charge in [-0.05, 0) is 40.4 Å². The molecular weight excluding hydrogens is 268 g/mol. The minimum Gasteiger partial charge on any atom is -0.294 e. The van der Waals surface area contributed by atoms with Gasteiger partial charge in [-0.15, -0.1) is 0 Å². The molecule has 5 aliphatic rings. The summed E-state index contributed by atoms with van der Waals surface area (Å²) in [5.74, 6) is 0.309. The summed E-state index contributed by atoms with van der Waals surface area (Å²) >= 11 is 0. The SMILES string of the molecule is C[C@]12C3=CC=CC1=CC=C1C=C4C(=O)CCC4=C(C=C3)[C@@]12C. The number of rotatable bonds is 0. The van der Waals surface area contributed by atoms with Crippen LogP contribution in [0.3, 0.4) is 0 Å². The quantitative estimate of drug-likeness (QED) is 0.639. The molecule has 5 rings (SSSR count). The lowest BCUT2D eigenvalue weighted by Gasteiger charge is -2.56. The third-order valence-electron chi connectivity index (χ3n) is 6.55. The number of carbonyl (C=O) groups is 1. The van der Waals surface area contributed by atoms with Gasteiger partial charge in [0.2, 0.25) is 0 Å². The monoisotopic (exact) mass is 286 g/mol. The first-order chi connectivity index (χ1) is 10.6. The van der Waals surface area contributed by atoms with Crippen molar-refractivity contribution in [2.45, 2.75) is 26.7 Å². The topological polar surface area (TPSA) is 17.1 Å². The molecule has 0 aromatic rings. The third-order valence-corrected chi connectivity index (χ3v) is 6.55. The Balaban J connectivity index is 1.93. The highest BCUT2D eigenvalue weighted by Crippen LogP contribution is 2.66. The van der Waals surface area contributed by atoms with Gasteiger partial charge in [-0.3, -0.25) is 4.79 Å². The van der Waals surface area contributed by atoms with Crippen LogP contribution in [-0.2, 0) is 4.79 Å². The fourth-order valence-electron chi connectivity index (χ4n) is 5.05. The van der Waals surface area contributed by atoms with Crippen LogP contribution in [-0.4, -0.2) is 5.78 Å². The second-order valence-electron chi connectivity index (χ2n) is 7.18. The molecule has 1 saturated carbocycles. The Labute approximate surface area is 130 Å². The maximum absolute atomic E-state index is 12.2. The van der Waals surface area contributed by atoms with E-state index in [1.807, 2.05) is 0 Å². The van der Waals surface area contributed by atoms with Gasteiger partial charge in [0.15, 0.2) is 5.78 Å². The molecular formula is C21H18O. The molecule has 5 aliphatic carbocycles. The Kier molecular flexibility index (Phi) is 2.03. The highest BCUT2D eigenvalue weighted by atomic mass is 16.1. The molecule has 0 heterocycles. The molecule has 0 N–H and O–H groups in total. The van der Waals surface area contributed by atoms with E-state index in [1.165, 1.54) is 27.9 Å². The van der Waals surface area contributed by atoms with E-state index in [4.69, 9.17) is 0 Å². The van der Waals surface area contributed by atoms with Crippen LogP contribution < -0.4 is 0 Å². The molecule has 0 spiro atoms. The third kappa shape index (κ3) is 1.10. The molecule has 0 saturated heterocycles. The van der Waals surface area contributed by atoms with Gasteiger partial charge in [-0.2, -0.15) is 0 Å². The van der Waals surface area contributed by atoms with E-state index in [9.17, 15) is 4.79 Å². The van der Waals surface area contributed by atoms with Crippen LogP contribution >= 0.6 is 0 Å². The largest absolute Gasteiger partial charge is 0.294 e. The van der Waals surface area contributed by atoms with E-state index in [-0.39, 0.29) is 10.8 Å². The second-order valence-corrected chi connectivity index (χ2v) is 7.18. The van der Waals surface area contributed by atoms with Crippen molar-refractivity contribution in [1.82, 2.24) is 0 Å². The maximum Gasteiger partial charge on any atom is 0.163 e. The average molecular weight is 286 g/mol. The zero-order valence-electron chi connectivity index (χ0n) is 12.9. The summed E-state index contributed by atoms with van der Waals surface area (Å²) in [5.41, 5.74) is 7.55. The summed E-state index contributed by atoms with van der Waals surface area (Å²) in [6.07, 6.45) is 19.3. The number of Topliss-reactive ketones (excluding diaryl/α,β-unsaturated/α-hetero) is 1. The number of hydrogen-bond donors (Lipinski definition) is 0. The van der Waals surface area contributed by atoms with Crippen molar-refractivity contribution in [2.24, 2.45) is 10.8 Å². The van der Waals surface area contributed by atoms with Gasteiger partial charge in [0.1, 0.15) is 0 Å². The summed E-state index contributed by atoms with van der Waals surface area (Å²) < 4.78 is 0. The van der Waals surface area contributed by atoms with Gasteiger partial charge >= 0.3 is 0 Å². The number of allylic oxidation sites excluding steroid dienone is 14. The molecule has 0 aromatic carbocycles. The predicted molar refractivity (Wildman–Crippen MR) is 88.1 cm³/mol. The van der Waals surface area contributed by atoms with Crippen LogP contribution in [0.15, 0.2) is 82.0 Å². The fourth-order valence-corrected chi connectivity index (χ4v) is 5.05. The highest BCUT2D eigenvalue weighted by molar-refractivity contribution is 6.04. The lowest BCUT2D eigenvalue weighted by Crippen LogP contribution is -2.47. The summed E-state index contributed by atoms with van der Waals surface area (Å²) in [6, 6.07) is 0. The van der Waals surface area contributed by atoms with Gasteiger partial charge < -0.3 is 0 Å². The first-order valence-corrected chi connectivity index (χ1v) is 8.05. The van der Waals surface area contributed by atoms with E-state index >= 15 is 0 Å². The first-order valence-electron chi connectivity index (χ1n) is 8.05. The molecule has 0 unspecified atom stereocenters. The fraction of sp³-hybridized carbons (Fsp3) is 0.286. The van der Waals surface area contributed by atoms with Crippen molar-refractivity contribution in [3.8, 4) is 0 Å². The Morgan fingerprint density at radius 1 is 0.864 bits per heavy atom. The van der Waals surface area contributed by atoms with E-state index < -0.39 is 0 Å². The summed E-state index contributed by atoms with van der Waals surface area (Å²) in [6.45, 7) is 4.72. The van der Waals surface area contributed by atoms with Crippen LogP contribution in [0.5, 0.6) is 0 Å². The van der Waals surface area contributed by atoms with E-state index in [2.05, 4.69) is 62.5 Å². The average Bonchev–Trinajstić information content (AvgIpc) is 2.86. The van der Waals surface area contributed by atoms with E-state index in [0.717, 1.165) is 12.0 Å². The van der Waals surface area contributed by atoms with Gasteiger partial charge in [-0.1, -0.05) is 56.4 Å². The summed E-state index contributed by atoms with van der Waals surface area (Å²) in [4.78, 5) is 12.2.